The molecule has 3 nitrogen and oxygen atoms in total. The maximum Gasteiger partial charge on any atom is 0.0886 e. The van der Waals surface area contributed by atoms with E-state index in [0.29, 0.717) is 5.69 Å². The number of benzene rings is 1. The van der Waals surface area contributed by atoms with E-state index in [2.05, 4.69) is 37.1 Å². The highest BCUT2D eigenvalue weighted by Crippen LogP contribution is 2.17. The van der Waals surface area contributed by atoms with E-state index in [1.54, 1.807) is 0 Å². The Balaban J connectivity index is 2.53. The quantitative estimate of drug-likeness (QED) is 0.836. The van der Waals surface area contributed by atoms with Crippen LogP contribution in [0.2, 0.25) is 0 Å². The van der Waals surface area contributed by atoms with Crippen LogP contribution in [0.3, 0.4) is 0 Å². The molecule has 0 radical (unpaired) electrons. The van der Waals surface area contributed by atoms with Crippen molar-refractivity contribution < 1.29 is 5.11 Å². The van der Waals surface area contributed by atoms with Crippen LogP contribution in [0, 0.1) is 20.8 Å². The fourth-order valence-corrected chi connectivity index (χ4v) is 1.90. The molecule has 1 aromatic heterocycles. The molecule has 16 heavy (non-hydrogen) atoms. The monoisotopic (exact) mass is 216 g/mol. The predicted octanol–water partition coefficient (Wildman–Crippen LogP) is 2.29. The highest BCUT2D eigenvalue weighted by atomic mass is 16.3. The van der Waals surface area contributed by atoms with E-state index in [1.165, 1.54) is 11.1 Å². The van der Waals surface area contributed by atoms with E-state index in [1.807, 2.05) is 17.7 Å². The lowest BCUT2D eigenvalue weighted by atomic mass is 10.1. The van der Waals surface area contributed by atoms with Crippen molar-refractivity contribution in [2.45, 2.75) is 27.4 Å². The first-order chi connectivity index (χ1) is 7.61. The van der Waals surface area contributed by atoms with Crippen molar-refractivity contribution in [3.63, 3.8) is 0 Å². The Bertz CT molecular complexity index is 515. The van der Waals surface area contributed by atoms with Gasteiger partial charge in [0.25, 0.3) is 0 Å². The number of hydrogen-bond donors (Lipinski definition) is 1. The Morgan fingerprint density at radius 3 is 2.50 bits per heavy atom. The molecule has 0 saturated heterocycles. The van der Waals surface area contributed by atoms with E-state index in [-0.39, 0.29) is 6.61 Å². The van der Waals surface area contributed by atoms with Crippen LogP contribution in [0.1, 0.15) is 22.5 Å². The van der Waals surface area contributed by atoms with Gasteiger partial charge in [0.1, 0.15) is 0 Å². The van der Waals surface area contributed by atoms with Gasteiger partial charge in [-0.25, -0.2) is 4.68 Å². The van der Waals surface area contributed by atoms with Crippen molar-refractivity contribution in [2.24, 2.45) is 0 Å². The van der Waals surface area contributed by atoms with Crippen LogP contribution in [-0.4, -0.2) is 14.9 Å². The largest absolute Gasteiger partial charge is 0.390 e. The van der Waals surface area contributed by atoms with Crippen molar-refractivity contribution in [2.75, 3.05) is 0 Å². The molecule has 0 fully saturated rings. The molecule has 3 heteroatoms. The van der Waals surface area contributed by atoms with Gasteiger partial charge in [-0.05, 0) is 38.5 Å². The zero-order valence-electron chi connectivity index (χ0n) is 9.86. The summed E-state index contributed by atoms with van der Waals surface area (Å²) < 4.78 is 1.88. The summed E-state index contributed by atoms with van der Waals surface area (Å²) in [5.41, 5.74) is 5.25. The summed E-state index contributed by atoms with van der Waals surface area (Å²) in [4.78, 5) is 0. The molecular formula is C13H16N2O. The Morgan fingerprint density at radius 2 is 1.94 bits per heavy atom. The van der Waals surface area contributed by atoms with Gasteiger partial charge in [-0.3, -0.25) is 0 Å². The number of nitrogens with zero attached hydrogens (tertiary/aromatic N) is 2. The number of rotatable bonds is 2. The van der Waals surface area contributed by atoms with Crippen LogP contribution in [0.15, 0.2) is 24.3 Å². The molecule has 0 spiro atoms. The molecule has 0 atom stereocenters. The average Bonchev–Trinajstić information content (AvgIpc) is 2.60. The van der Waals surface area contributed by atoms with Gasteiger partial charge in [0.05, 0.1) is 18.0 Å². The van der Waals surface area contributed by atoms with Crippen LogP contribution >= 0.6 is 0 Å². The summed E-state index contributed by atoms with van der Waals surface area (Å²) in [5.74, 6) is 0. The first kappa shape index (κ1) is 10.9. The van der Waals surface area contributed by atoms with Gasteiger partial charge in [0.15, 0.2) is 0 Å². The van der Waals surface area contributed by atoms with E-state index in [9.17, 15) is 0 Å². The minimum Gasteiger partial charge on any atom is -0.390 e. The molecule has 0 aliphatic carbocycles. The average molecular weight is 216 g/mol. The normalized spacial score (nSPS) is 10.8. The summed E-state index contributed by atoms with van der Waals surface area (Å²) >= 11 is 0. The van der Waals surface area contributed by atoms with Crippen molar-refractivity contribution in [3.8, 4) is 5.69 Å². The highest BCUT2D eigenvalue weighted by Gasteiger charge is 2.07. The highest BCUT2D eigenvalue weighted by molar-refractivity contribution is 5.43. The minimum absolute atomic E-state index is 0.0151. The number of hydrogen-bond acceptors (Lipinski definition) is 2. The zero-order valence-corrected chi connectivity index (χ0v) is 9.86. The SMILES string of the molecule is Cc1ccc(-n2nc(CO)cc2C)c(C)c1. The Kier molecular flexibility index (Phi) is 2.79. The van der Waals surface area contributed by atoms with Gasteiger partial charge in [0.2, 0.25) is 0 Å². The summed E-state index contributed by atoms with van der Waals surface area (Å²) in [6, 6.07) is 8.17. The fraction of sp³-hybridized carbons (Fsp3) is 0.308. The third-order valence-corrected chi connectivity index (χ3v) is 2.68. The molecule has 1 aromatic carbocycles. The molecule has 0 amide bonds. The summed E-state index contributed by atoms with van der Waals surface area (Å²) in [6.45, 7) is 6.12. The van der Waals surface area contributed by atoms with E-state index < -0.39 is 0 Å². The second kappa shape index (κ2) is 4.10. The molecular weight excluding hydrogens is 200 g/mol. The van der Waals surface area contributed by atoms with Crippen LogP contribution in [-0.2, 0) is 6.61 Å². The number of aryl methyl sites for hydroxylation is 3. The Morgan fingerprint density at radius 1 is 1.19 bits per heavy atom. The number of aliphatic hydroxyl groups is 1. The molecule has 1 heterocycles. The maximum absolute atomic E-state index is 9.06. The molecule has 0 bridgehead atoms. The van der Waals surface area contributed by atoms with Crippen LogP contribution in [0.5, 0.6) is 0 Å². The van der Waals surface area contributed by atoms with E-state index in [4.69, 9.17) is 5.11 Å². The molecule has 0 aliphatic heterocycles. The third kappa shape index (κ3) is 1.86. The summed E-state index contributed by atoms with van der Waals surface area (Å²) in [7, 11) is 0. The van der Waals surface area contributed by atoms with Gasteiger partial charge in [0, 0.05) is 5.69 Å². The van der Waals surface area contributed by atoms with Gasteiger partial charge in [-0.1, -0.05) is 17.7 Å². The van der Waals surface area contributed by atoms with Crippen LogP contribution < -0.4 is 0 Å². The van der Waals surface area contributed by atoms with E-state index in [0.717, 1.165) is 11.4 Å². The Labute approximate surface area is 95.3 Å². The van der Waals surface area contributed by atoms with Gasteiger partial charge in [-0.15, -0.1) is 0 Å². The molecule has 84 valence electrons. The summed E-state index contributed by atoms with van der Waals surface area (Å²) in [6.07, 6.45) is 0. The third-order valence-electron chi connectivity index (χ3n) is 2.68. The van der Waals surface area contributed by atoms with Crippen molar-refractivity contribution in [1.82, 2.24) is 9.78 Å². The molecule has 1 N–H and O–H groups in total. The molecule has 2 aromatic rings. The second-order valence-corrected chi connectivity index (χ2v) is 4.14. The first-order valence-corrected chi connectivity index (χ1v) is 5.36. The zero-order chi connectivity index (χ0) is 11.7. The number of aliphatic hydroxyl groups excluding tert-OH is 1. The lowest BCUT2D eigenvalue weighted by molar-refractivity contribution is 0.276. The smallest absolute Gasteiger partial charge is 0.0886 e. The predicted molar refractivity (Wildman–Crippen MR) is 63.7 cm³/mol. The van der Waals surface area contributed by atoms with Crippen LogP contribution in [0.4, 0.5) is 0 Å². The first-order valence-electron chi connectivity index (χ1n) is 5.36. The number of aromatic nitrogens is 2. The topological polar surface area (TPSA) is 38.0 Å². The van der Waals surface area contributed by atoms with Crippen molar-refractivity contribution >= 4 is 0 Å². The fourth-order valence-electron chi connectivity index (χ4n) is 1.90. The standard InChI is InChI=1S/C13H16N2O/c1-9-4-5-13(10(2)6-9)15-11(3)7-12(8-16)14-15/h4-7,16H,8H2,1-3H3. The van der Waals surface area contributed by atoms with Gasteiger partial charge in [-0.2, -0.15) is 5.10 Å². The lowest BCUT2D eigenvalue weighted by Crippen LogP contribution is -2.02. The second-order valence-electron chi connectivity index (χ2n) is 4.14. The van der Waals surface area contributed by atoms with Crippen LogP contribution in [0.25, 0.3) is 5.69 Å². The molecule has 0 aliphatic rings. The van der Waals surface area contributed by atoms with Crippen molar-refractivity contribution in [1.29, 1.82) is 0 Å². The molecule has 0 saturated carbocycles. The van der Waals surface area contributed by atoms with Crippen molar-refractivity contribution in [3.05, 3.63) is 46.8 Å². The lowest BCUT2D eigenvalue weighted by Gasteiger charge is -2.08. The summed E-state index contributed by atoms with van der Waals surface area (Å²) in [5, 5.41) is 13.4. The molecule has 2 rings (SSSR count). The Hall–Kier alpha value is -1.61. The maximum atomic E-state index is 9.06. The molecule has 0 unspecified atom stereocenters. The van der Waals surface area contributed by atoms with Gasteiger partial charge >= 0.3 is 0 Å². The van der Waals surface area contributed by atoms with Gasteiger partial charge < -0.3 is 5.11 Å². The van der Waals surface area contributed by atoms with E-state index >= 15 is 0 Å². The minimum atomic E-state index is -0.0151.